The fraction of sp³-hybridized carbons (Fsp3) is 0.333. The number of nitrogens with one attached hydrogen (secondary N) is 2. The number of benzene rings is 2. The SMILES string of the molecule is CC(C)(C)c1ccc(OCC(=O)NNC(=O)C2COc3ccccc3O2)cc1. The van der Waals surface area contributed by atoms with E-state index in [2.05, 4.69) is 31.6 Å². The monoisotopic (exact) mass is 384 g/mol. The third-order valence-corrected chi connectivity index (χ3v) is 4.22. The Hall–Kier alpha value is -3.22. The standard InChI is InChI=1S/C21H24N2O5/c1-21(2,3)14-8-10-15(11-9-14)26-13-19(24)22-23-20(25)18-12-27-16-6-4-5-7-17(16)28-18/h4-11,18H,12-13H2,1-3H3,(H,22,24)(H,23,25). The molecule has 1 atom stereocenters. The average molecular weight is 384 g/mol. The Morgan fingerprint density at radius 2 is 1.71 bits per heavy atom. The Kier molecular flexibility index (Phi) is 5.73. The van der Waals surface area contributed by atoms with Gasteiger partial charge in [0.05, 0.1) is 0 Å². The number of para-hydroxylation sites is 2. The number of hydrazine groups is 1. The van der Waals surface area contributed by atoms with Gasteiger partial charge in [0.15, 0.2) is 18.1 Å². The van der Waals surface area contributed by atoms with Gasteiger partial charge in [0.2, 0.25) is 6.10 Å². The fourth-order valence-electron chi connectivity index (χ4n) is 2.60. The van der Waals surface area contributed by atoms with Crippen LogP contribution in [0.4, 0.5) is 0 Å². The molecule has 0 spiro atoms. The highest BCUT2D eigenvalue weighted by atomic mass is 16.6. The smallest absolute Gasteiger partial charge is 0.283 e. The van der Waals surface area contributed by atoms with Gasteiger partial charge in [-0.25, -0.2) is 0 Å². The summed E-state index contributed by atoms with van der Waals surface area (Å²) in [5.74, 6) is 0.668. The maximum atomic E-state index is 12.1. The van der Waals surface area contributed by atoms with Gasteiger partial charge in [-0.05, 0) is 35.2 Å². The summed E-state index contributed by atoms with van der Waals surface area (Å²) in [6, 6.07) is 14.6. The molecule has 7 heteroatoms. The number of carbonyl (C=O) groups excluding carboxylic acids is 2. The molecule has 1 aliphatic rings. The van der Waals surface area contributed by atoms with Crippen molar-refractivity contribution in [2.75, 3.05) is 13.2 Å². The van der Waals surface area contributed by atoms with Crippen LogP contribution in [0.2, 0.25) is 0 Å². The largest absolute Gasteiger partial charge is 0.485 e. The van der Waals surface area contributed by atoms with Crippen LogP contribution in [0.5, 0.6) is 17.2 Å². The average Bonchev–Trinajstić information content (AvgIpc) is 2.69. The van der Waals surface area contributed by atoms with Crippen molar-refractivity contribution >= 4 is 11.8 Å². The molecule has 1 aliphatic heterocycles. The molecule has 0 aliphatic carbocycles. The van der Waals surface area contributed by atoms with E-state index in [0.29, 0.717) is 17.2 Å². The number of amides is 2. The van der Waals surface area contributed by atoms with Crippen molar-refractivity contribution in [1.29, 1.82) is 0 Å². The molecular formula is C21H24N2O5. The molecule has 28 heavy (non-hydrogen) atoms. The van der Waals surface area contributed by atoms with Crippen LogP contribution in [-0.4, -0.2) is 31.1 Å². The van der Waals surface area contributed by atoms with Gasteiger partial charge in [-0.2, -0.15) is 0 Å². The van der Waals surface area contributed by atoms with Gasteiger partial charge in [0, 0.05) is 0 Å². The molecule has 1 heterocycles. The van der Waals surface area contributed by atoms with Crippen molar-refractivity contribution in [2.24, 2.45) is 0 Å². The van der Waals surface area contributed by atoms with Crippen molar-refractivity contribution in [1.82, 2.24) is 10.9 Å². The third-order valence-electron chi connectivity index (χ3n) is 4.22. The van der Waals surface area contributed by atoms with E-state index in [4.69, 9.17) is 14.2 Å². The number of carbonyl (C=O) groups is 2. The van der Waals surface area contributed by atoms with Crippen LogP contribution in [0.15, 0.2) is 48.5 Å². The van der Waals surface area contributed by atoms with E-state index >= 15 is 0 Å². The van der Waals surface area contributed by atoms with Crippen LogP contribution in [0.25, 0.3) is 0 Å². The van der Waals surface area contributed by atoms with E-state index in [0.717, 1.165) is 0 Å². The van der Waals surface area contributed by atoms with Crippen LogP contribution < -0.4 is 25.1 Å². The first-order valence-electron chi connectivity index (χ1n) is 9.03. The number of ether oxygens (including phenoxy) is 3. The summed E-state index contributed by atoms with van der Waals surface area (Å²) < 4.78 is 16.5. The van der Waals surface area contributed by atoms with E-state index in [1.165, 1.54) is 5.56 Å². The molecule has 148 valence electrons. The normalized spacial score (nSPS) is 15.5. The molecule has 0 fully saturated rings. The Morgan fingerprint density at radius 1 is 1.04 bits per heavy atom. The predicted octanol–water partition coefficient (Wildman–Crippen LogP) is 2.35. The topological polar surface area (TPSA) is 85.9 Å². The lowest BCUT2D eigenvalue weighted by atomic mass is 9.87. The van der Waals surface area contributed by atoms with Gasteiger partial charge in [-0.3, -0.25) is 20.4 Å². The molecule has 7 nitrogen and oxygen atoms in total. The first-order valence-corrected chi connectivity index (χ1v) is 9.03. The van der Waals surface area contributed by atoms with Gasteiger partial charge in [0.1, 0.15) is 12.4 Å². The minimum atomic E-state index is -0.846. The summed E-state index contributed by atoms with van der Waals surface area (Å²) in [5, 5.41) is 0. The fourth-order valence-corrected chi connectivity index (χ4v) is 2.60. The van der Waals surface area contributed by atoms with E-state index < -0.39 is 17.9 Å². The highest BCUT2D eigenvalue weighted by Gasteiger charge is 2.27. The lowest BCUT2D eigenvalue weighted by Gasteiger charge is -2.25. The molecule has 0 radical (unpaired) electrons. The van der Waals surface area contributed by atoms with Crippen LogP contribution in [-0.2, 0) is 15.0 Å². The molecule has 0 bridgehead atoms. The Labute approximate surface area is 164 Å². The molecule has 0 saturated heterocycles. The minimum Gasteiger partial charge on any atom is -0.485 e. The van der Waals surface area contributed by atoms with E-state index in [9.17, 15) is 9.59 Å². The molecule has 3 rings (SSSR count). The van der Waals surface area contributed by atoms with E-state index in [1.807, 2.05) is 30.3 Å². The summed E-state index contributed by atoms with van der Waals surface area (Å²) in [5.41, 5.74) is 5.86. The molecule has 0 saturated carbocycles. The van der Waals surface area contributed by atoms with Crippen molar-refractivity contribution in [2.45, 2.75) is 32.3 Å². The molecular weight excluding hydrogens is 360 g/mol. The van der Waals surface area contributed by atoms with Crippen LogP contribution in [0.3, 0.4) is 0 Å². The van der Waals surface area contributed by atoms with Gasteiger partial charge in [-0.1, -0.05) is 45.0 Å². The number of fused-ring (bicyclic) bond motifs is 1. The quantitative estimate of drug-likeness (QED) is 0.791. The molecule has 2 aromatic rings. The van der Waals surface area contributed by atoms with Crippen molar-refractivity contribution in [3.63, 3.8) is 0 Å². The van der Waals surface area contributed by atoms with Crippen molar-refractivity contribution < 1.29 is 23.8 Å². The number of hydrogen-bond donors (Lipinski definition) is 2. The van der Waals surface area contributed by atoms with E-state index in [-0.39, 0.29) is 18.6 Å². The second kappa shape index (κ2) is 8.21. The number of rotatable bonds is 4. The highest BCUT2D eigenvalue weighted by molar-refractivity contribution is 5.85. The minimum absolute atomic E-state index is 0.0472. The third kappa shape index (κ3) is 4.94. The Morgan fingerprint density at radius 3 is 2.39 bits per heavy atom. The highest BCUT2D eigenvalue weighted by Crippen LogP contribution is 2.30. The van der Waals surface area contributed by atoms with Crippen LogP contribution in [0, 0.1) is 0 Å². The summed E-state index contributed by atoms with van der Waals surface area (Å²) in [6.07, 6.45) is -0.846. The van der Waals surface area contributed by atoms with Gasteiger partial charge in [-0.15, -0.1) is 0 Å². The first kappa shape index (κ1) is 19.5. The molecule has 2 amide bonds. The summed E-state index contributed by atoms with van der Waals surface area (Å²) in [6.45, 7) is 6.21. The zero-order valence-electron chi connectivity index (χ0n) is 16.2. The summed E-state index contributed by atoms with van der Waals surface area (Å²) in [4.78, 5) is 24.1. The zero-order chi connectivity index (χ0) is 20.1. The second-order valence-electron chi connectivity index (χ2n) is 7.46. The zero-order valence-corrected chi connectivity index (χ0v) is 16.2. The van der Waals surface area contributed by atoms with Crippen molar-refractivity contribution in [3.8, 4) is 17.2 Å². The van der Waals surface area contributed by atoms with Gasteiger partial charge >= 0.3 is 0 Å². The van der Waals surface area contributed by atoms with E-state index in [1.54, 1.807) is 18.2 Å². The molecule has 2 N–H and O–H groups in total. The Bertz CT molecular complexity index is 843. The van der Waals surface area contributed by atoms with Crippen molar-refractivity contribution in [3.05, 3.63) is 54.1 Å². The van der Waals surface area contributed by atoms with Crippen LogP contribution >= 0.6 is 0 Å². The Balaban J connectivity index is 1.42. The second-order valence-corrected chi connectivity index (χ2v) is 7.46. The first-order chi connectivity index (χ1) is 13.3. The molecule has 1 unspecified atom stereocenters. The summed E-state index contributed by atoms with van der Waals surface area (Å²) in [7, 11) is 0. The number of hydrogen-bond acceptors (Lipinski definition) is 5. The van der Waals surface area contributed by atoms with Gasteiger partial charge in [0.25, 0.3) is 11.8 Å². The van der Waals surface area contributed by atoms with Gasteiger partial charge < -0.3 is 14.2 Å². The predicted molar refractivity (Wildman–Crippen MR) is 103 cm³/mol. The van der Waals surface area contributed by atoms with Crippen LogP contribution in [0.1, 0.15) is 26.3 Å². The maximum absolute atomic E-state index is 12.1. The molecule has 2 aromatic carbocycles. The lowest BCUT2D eigenvalue weighted by molar-refractivity contribution is -0.135. The summed E-state index contributed by atoms with van der Waals surface area (Å²) >= 11 is 0. The lowest BCUT2D eigenvalue weighted by Crippen LogP contribution is -2.51. The maximum Gasteiger partial charge on any atom is 0.283 e. The molecule has 0 aromatic heterocycles.